The molecule has 1 unspecified atom stereocenters. The number of hydrogen-bond acceptors (Lipinski definition) is 3. The van der Waals surface area contributed by atoms with Crippen LogP contribution in [0.5, 0.6) is 0 Å². The van der Waals surface area contributed by atoms with E-state index >= 15 is 0 Å². The summed E-state index contributed by atoms with van der Waals surface area (Å²) in [7, 11) is 0. The number of Topliss-reactive ketones (excluding diaryl/α,β-unsaturated/α-hetero) is 1. The average Bonchev–Trinajstić information content (AvgIpc) is 2.43. The molecule has 0 heterocycles. The smallest absolute Gasteiger partial charge is 0.317 e. The minimum absolute atomic E-state index is 0.0388. The van der Waals surface area contributed by atoms with Crippen molar-refractivity contribution in [2.45, 2.75) is 33.1 Å². The lowest BCUT2D eigenvalue weighted by molar-refractivity contribution is -0.154. The lowest BCUT2D eigenvalue weighted by atomic mass is 9.77. The molecule has 3 nitrogen and oxygen atoms in total. The number of rotatable bonds is 4. The number of hydrogen-bond donors (Lipinski definition) is 0. The Balaban J connectivity index is 2.80. The fourth-order valence-corrected chi connectivity index (χ4v) is 3.12. The van der Waals surface area contributed by atoms with Crippen molar-refractivity contribution in [2.75, 3.05) is 11.9 Å². The molecule has 0 aromatic carbocycles. The van der Waals surface area contributed by atoms with E-state index < -0.39 is 5.92 Å². The van der Waals surface area contributed by atoms with Crippen LogP contribution >= 0.6 is 15.9 Å². The van der Waals surface area contributed by atoms with Crippen molar-refractivity contribution < 1.29 is 14.3 Å². The van der Waals surface area contributed by atoms with Crippen molar-refractivity contribution >= 4 is 27.7 Å². The van der Waals surface area contributed by atoms with Gasteiger partial charge in [-0.25, -0.2) is 0 Å². The molecule has 0 bridgehead atoms. The first-order valence-corrected chi connectivity index (χ1v) is 6.42. The van der Waals surface area contributed by atoms with Crippen LogP contribution in [0.2, 0.25) is 0 Å². The van der Waals surface area contributed by atoms with Crippen molar-refractivity contribution in [2.24, 2.45) is 11.3 Å². The first kappa shape index (κ1) is 12.7. The number of alkyl halides is 1. The van der Waals surface area contributed by atoms with Gasteiger partial charge in [0.25, 0.3) is 0 Å². The third kappa shape index (κ3) is 2.60. The summed E-state index contributed by atoms with van der Waals surface area (Å²) in [5.41, 5.74) is -0.215. The Morgan fingerprint density at radius 1 is 1.67 bits per heavy atom. The lowest BCUT2D eigenvalue weighted by Gasteiger charge is -2.28. The molecule has 1 aliphatic carbocycles. The molecule has 1 aliphatic rings. The van der Waals surface area contributed by atoms with Gasteiger partial charge in [-0.3, -0.25) is 9.59 Å². The van der Waals surface area contributed by atoms with Gasteiger partial charge in [-0.15, -0.1) is 0 Å². The standard InChI is InChI=1S/C11H17BrO3/c1-3-15-10(14)9-8(13)4-5-11(9,2)6-7-12/h9H,3-7H2,1-2H3/t9?,11-/m1/s1. The minimum atomic E-state index is -0.546. The minimum Gasteiger partial charge on any atom is -0.465 e. The van der Waals surface area contributed by atoms with E-state index in [9.17, 15) is 9.59 Å². The van der Waals surface area contributed by atoms with Gasteiger partial charge in [-0.1, -0.05) is 22.9 Å². The molecule has 1 rings (SSSR count). The Kier molecular flexibility index (Phi) is 4.32. The lowest BCUT2D eigenvalue weighted by Crippen LogP contribution is -2.34. The van der Waals surface area contributed by atoms with Crippen molar-refractivity contribution in [1.82, 2.24) is 0 Å². The summed E-state index contributed by atoms with van der Waals surface area (Å²) < 4.78 is 4.96. The summed E-state index contributed by atoms with van der Waals surface area (Å²) in [6.45, 7) is 4.10. The van der Waals surface area contributed by atoms with E-state index in [1.165, 1.54) is 0 Å². The van der Waals surface area contributed by atoms with Crippen LogP contribution in [0.3, 0.4) is 0 Å². The van der Waals surface area contributed by atoms with Gasteiger partial charge in [0.15, 0.2) is 0 Å². The number of carbonyl (C=O) groups excluding carboxylic acids is 2. The van der Waals surface area contributed by atoms with Crippen LogP contribution in [0.1, 0.15) is 33.1 Å². The van der Waals surface area contributed by atoms with Crippen LogP contribution in [0, 0.1) is 11.3 Å². The van der Waals surface area contributed by atoms with E-state index in [2.05, 4.69) is 15.9 Å². The van der Waals surface area contributed by atoms with Crippen molar-refractivity contribution in [3.63, 3.8) is 0 Å². The molecule has 86 valence electrons. The molecule has 0 amide bonds. The number of carbonyl (C=O) groups is 2. The molecule has 0 N–H and O–H groups in total. The number of esters is 1. The number of ether oxygens (including phenoxy) is 1. The Bertz CT molecular complexity index is 265. The van der Waals surface area contributed by atoms with Crippen molar-refractivity contribution in [3.05, 3.63) is 0 Å². The molecule has 0 saturated heterocycles. The summed E-state index contributed by atoms with van der Waals surface area (Å²) in [4.78, 5) is 23.4. The molecule has 0 aromatic heterocycles. The predicted molar refractivity (Wildman–Crippen MR) is 60.9 cm³/mol. The number of ketones is 1. The van der Waals surface area contributed by atoms with Crippen LogP contribution in [-0.2, 0) is 14.3 Å². The Labute approximate surface area is 98.7 Å². The Morgan fingerprint density at radius 2 is 2.33 bits per heavy atom. The summed E-state index contributed by atoms with van der Waals surface area (Å²) in [5, 5.41) is 0.812. The highest BCUT2D eigenvalue weighted by Gasteiger charge is 2.48. The maximum Gasteiger partial charge on any atom is 0.317 e. The molecule has 1 fully saturated rings. The van der Waals surface area contributed by atoms with Crippen molar-refractivity contribution in [1.29, 1.82) is 0 Å². The molecule has 0 spiro atoms. The van der Waals surface area contributed by atoms with Crippen LogP contribution < -0.4 is 0 Å². The van der Waals surface area contributed by atoms with Gasteiger partial charge in [-0.05, 0) is 25.2 Å². The Hall–Kier alpha value is -0.380. The fraction of sp³-hybridized carbons (Fsp3) is 0.818. The average molecular weight is 277 g/mol. The van der Waals surface area contributed by atoms with Gasteiger partial charge in [0.05, 0.1) is 6.61 Å². The van der Waals surface area contributed by atoms with Gasteiger partial charge < -0.3 is 4.74 Å². The van der Waals surface area contributed by atoms with Gasteiger partial charge in [0.2, 0.25) is 0 Å². The summed E-state index contributed by atoms with van der Waals surface area (Å²) in [6, 6.07) is 0. The van der Waals surface area contributed by atoms with Crippen LogP contribution in [-0.4, -0.2) is 23.7 Å². The highest BCUT2D eigenvalue weighted by Crippen LogP contribution is 2.44. The molecule has 1 saturated carbocycles. The second-order valence-corrected chi connectivity index (χ2v) is 5.04. The molecule has 0 radical (unpaired) electrons. The second kappa shape index (κ2) is 5.10. The maximum atomic E-state index is 11.7. The Morgan fingerprint density at radius 3 is 2.87 bits per heavy atom. The van der Waals surface area contributed by atoms with E-state index in [1.54, 1.807) is 6.92 Å². The van der Waals surface area contributed by atoms with Gasteiger partial charge in [0, 0.05) is 11.8 Å². The monoisotopic (exact) mass is 276 g/mol. The molecule has 0 aliphatic heterocycles. The van der Waals surface area contributed by atoms with E-state index in [-0.39, 0.29) is 17.2 Å². The molecule has 15 heavy (non-hydrogen) atoms. The fourth-order valence-electron chi connectivity index (χ4n) is 2.21. The van der Waals surface area contributed by atoms with E-state index in [0.717, 1.165) is 18.2 Å². The summed E-state index contributed by atoms with van der Waals surface area (Å²) in [5.74, 6) is -0.852. The topological polar surface area (TPSA) is 43.4 Å². The normalized spacial score (nSPS) is 30.6. The van der Waals surface area contributed by atoms with Gasteiger partial charge >= 0.3 is 5.97 Å². The SMILES string of the molecule is CCOC(=O)C1C(=O)CC[C@]1(C)CCBr. The van der Waals surface area contributed by atoms with Crippen molar-refractivity contribution in [3.8, 4) is 0 Å². The second-order valence-electron chi connectivity index (χ2n) is 4.24. The van der Waals surface area contributed by atoms with Crippen LogP contribution in [0.25, 0.3) is 0 Å². The zero-order valence-electron chi connectivity index (χ0n) is 9.22. The highest BCUT2D eigenvalue weighted by atomic mass is 79.9. The molecular formula is C11H17BrO3. The third-order valence-corrected chi connectivity index (χ3v) is 3.55. The summed E-state index contributed by atoms with van der Waals surface area (Å²) in [6.07, 6.45) is 2.14. The zero-order chi connectivity index (χ0) is 11.5. The third-order valence-electron chi connectivity index (χ3n) is 3.15. The van der Waals surface area contributed by atoms with Crippen LogP contribution in [0.15, 0.2) is 0 Å². The molecular weight excluding hydrogens is 260 g/mol. The number of halogens is 1. The largest absolute Gasteiger partial charge is 0.465 e. The zero-order valence-corrected chi connectivity index (χ0v) is 10.8. The maximum absolute atomic E-state index is 11.7. The first-order valence-electron chi connectivity index (χ1n) is 5.30. The quantitative estimate of drug-likeness (QED) is 0.450. The summed E-state index contributed by atoms with van der Waals surface area (Å²) >= 11 is 3.37. The first-order chi connectivity index (χ1) is 7.05. The predicted octanol–water partition coefficient (Wildman–Crippen LogP) is 2.32. The molecule has 4 heteroatoms. The molecule has 2 atom stereocenters. The van der Waals surface area contributed by atoms with Crippen LogP contribution in [0.4, 0.5) is 0 Å². The van der Waals surface area contributed by atoms with E-state index in [4.69, 9.17) is 4.74 Å². The highest BCUT2D eigenvalue weighted by molar-refractivity contribution is 9.09. The van der Waals surface area contributed by atoms with E-state index in [0.29, 0.717) is 13.0 Å². The molecule has 0 aromatic rings. The van der Waals surface area contributed by atoms with Gasteiger partial charge in [0.1, 0.15) is 11.7 Å². The van der Waals surface area contributed by atoms with Gasteiger partial charge in [-0.2, -0.15) is 0 Å². The van der Waals surface area contributed by atoms with E-state index in [1.807, 2.05) is 6.92 Å².